The van der Waals surface area contributed by atoms with Gasteiger partial charge in [-0.1, -0.05) is 0 Å². The van der Waals surface area contributed by atoms with E-state index in [0.717, 1.165) is 71.0 Å². The van der Waals surface area contributed by atoms with Gasteiger partial charge in [-0.15, -0.1) is 11.3 Å². The molecule has 0 radical (unpaired) electrons. The van der Waals surface area contributed by atoms with E-state index in [1.807, 2.05) is 6.07 Å². The van der Waals surface area contributed by atoms with Crippen molar-refractivity contribution in [2.24, 2.45) is 0 Å². The summed E-state index contributed by atoms with van der Waals surface area (Å²) in [6.45, 7) is 6.82. The summed E-state index contributed by atoms with van der Waals surface area (Å²) in [5, 5.41) is 0.766. The Hall–Kier alpha value is -2.66. The molecule has 2 atom stereocenters. The third-order valence-electron chi connectivity index (χ3n) is 7.95. The van der Waals surface area contributed by atoms with Gasteiger partial charge >= 0.3 is 0 Å². The van der Waals surface area contributed by atoms with Crippen molar-refractivity contribution < 1.29 is 13.5 Å². The molecule has 4 aromatic rings. The van der Waals surface area contributed by atoms with E-state index in [0.29, 0.717) is 37.7 Å². The van der Waals surface area contributed by atoms with Gasteiger partial charge in [0.2, 0.25) is 0 Å². The molecule has 3 saturated heterocycles. The molecule has 3 aliphatic heterocycles. The first-order chi connectivity index (χ1) is 18.1. The minimum atomic E-state index is -0.816. The number of nitrogens with one attached hydrogen (secondary N) is 1. The second-order valence-electron chi connectivity index (χ2n) is 10.3. The lowest BCUT2D eigenvalue weighted by Crippen LogP contribution is -2.56. The fourth-order valence-corrected chi connectivity index (χ4v) is 7.04. The Kier molecular flexibility index (Phi) is 6.07. The van der Waals surface area contributed by atoms with Crippen molar-refractivity contribution in [3.63, 3.8) is 0 Å². The van der Waals surface area contributed by atoms with Crippen LogP contribution in [0.5, 0.6) is 0 Å². The summed E-state index contributed by atoms with van der Waals surface area (Å²) in [5.74, 6) is 0.875. The highest BCUT2D eigenvalue weighted by atomic mass is 32.1. The number of halogens is 2. The van der Waals surface area contributed by atoms with E-state index < -0.39 is 6.17 Å². The van der Waals surface area contributed by atoms with E-state index in [2.05, 4.69) is 25.8 Å². The second kappa shape index (κ2) is 9.58. The molecule has 3 fully saturated rings. The van der Waals surface area contributed by atoms with Crippen LogP contribution in [0.25, 0.3) is 32.5 Å². The molecule has 7 rings (SSSR count). The number of anilines is 1. The van der Waals surface area contributed by atoms with E-state index in [9.17, 15) is 0 Å². The summed E-state index contributed by atoms with van der Waals surface area (Å²) in [4.78, 5) is 20.8. The van der Waals surface area contributed by atoms with E-state index >= 15 is 8.78 Å². The Bertz CT molecular complexity index is 1430. The molecule has 1 aromatic carbocycles. The number of H-pyrrole nitrogens is 1. The lowest BCUT2D eigenvalue weighted by Gasteiger charge is -2.44. The highest BCUT2D eigenvalue weighted by Gasteiger charge is 2.35. The van der Waals surface area contributed by atoms with E-state index in [4.69, 9.17) is 14.7 Å². The minimum Gasteiger partial charge on any atom is -0.378 e. The molecule has 0 spiro atoms. The van der Waals surface area contributed by atoms with Crippen LogP contribution in [0.15, 0.2) is 30.5 Å². The quantitative estimate of drug-likeness (QED) is 0.417. The minimum absolute atomic E-state index is 0.0693. The second-order valence-corrected chi connectivity index (χ2v) is 11.4. The molecule has 0 saturated carbocycles. The molecule has 7 nitrogen and oxygen atoms in total. The summed E-state index contributed by atoms with van der Waals surface area (Å²) in [5.41, 5.74) is 2.07. The number of likely N-dealkylation sites (tertiary alicyclic amines) is 2. The van der Waals surface area contributed by atoms with Gasteiger partial charge in [0.25, 0.3) is 0 Å². The van der Waals surface area contributed by atoms with Crippen molar-refractivity contribution >= 4 is 38.3 Å². The number of thiophene rings is 1. The van der Waals surface area contributed by atoms with Gasteiger partial charge in [0.1, 0.15) is 12.0 Å². The number of morpholine rings is 1. The predicted molar refractivity (Wildman–Crippen MR) is 142 cm³/mol. The predicted octanol–water partition coefficient (Wildman–Crippen LogP) is 4.43. The van der Waals surface area contributed by atoms with Crippen molar-refractivity contribution in [3.05, 3.63) is 41.2 Å². The van der Waals surface area contributed by atoms with Gasteiger partial charge in [-0.3, -0.25) is 9.80 Å². The van der Waals surface area contributed by atoms with Gasteiger partial charge in [-0.25, -0.2) is 18.7 Å². The van der Waals surface area contributed by atoms with E-state index in [-0.39, 0.29) is 11.9 Å². The summed E-state index contributed by atoms with van der Waals surface area (Å²) in [6, 6.07) is 7.22. The van der Waals surface area contributed by atoms with Gasteiger partial charge in [-0.05, 0) is 50.2 Å². The average Bonchev–Trinajstić information content (AvgIpc) is 3.51. The summed E-state index contributed by atoms with van der Waals surface area (Å²) >= 11 is 1.67. The van der Waals surface area contributed by atoms with E-state index in [1.165, 1.54) is 12.5 Å². The number of fused-ring (bicyclic) bond motifs is 2. The Morgan fingerprint density at radius 2 is 1.95 bits per heavy atom. The van der Waals surface area contributed by atoms with Gasteiger partial charge < -0.3 is 14.6 Å². The molecule has 0 amide bonds. The highest BCUT2D eigenvalue weighted by Crippen LogP contribution is 2.37. The van der Waals surface area contributed by atoms with Crippen LogP contribution < -0.4 is 4.90 Å². The van der Waals surface area contributed by atoms with Crippen molar-refractivity contribution in [2.75, 3.05) is 57.4 Å². The third kappa shape index (κ3) is 4.29. The number of hydrogen-bond acceptors (Lipinski definition) is 7. The standard InChI is InChI=1S/C27H30F2N6OS/c28-19-2-3-21-18(4-6-30-21)24(19)26-31-22-14-17(37-25(22)27(32-26)35-10-12-36-13-11-35)15-33-9-5-23(20(29)16-33)34-7-1-8-34/h2-4,6,14,20,23,30H,1,5,7-13,15-16H2. The Morgan fingerprint density at radius 1 is 1.08 bits per heavy atom. The maximum Gasteiger partial charge on any atom is 0.165 e. The van der Waals surface area contributed by atoms with Gasteiger partial charge in [0, 0.05) is 60.7 Å². The van der Waals surface area contributed by atoms with Gasteiger partial charge in [0.05, 0.1) is 29.0 Å². The molecule has 0 bridgehead atoms. The zero-order valence-corrected chi connectivity index (χ0v) is 21.4. The molecule has 10 heteroatoms. The lowest BCUT2D eigenvalue weighted by molar-refractivity contribution is 0.00228. The zero-order chi connectivity index (χ0) is 24.9. The number of benzene rings is 1. The Morgan fingerprint density at radius 3 is 2.73 bits per heavy atom. The molecule has 194 valence electrons. The van der Waals surface area contributed by atoms with Crippen LogP contribution in [0.1, 0.15) is 17.7 Å². The fourth-order valence-electron chi connectivity index (χ4n) is 5.88. The lowest BCUT2D eigenvalue weighted by atomic mass is 9.98. The van der Waals surface area contributed by atoms with Crippen molar-refractivity contribution in [1.29, 1.82) is 0 Å². The third-order valence-corrected chi connectivity index (χ3v) is 9.06. The zero-order valence-electron chi connectivity index (χ0n) is 20.6. The van der Waals surface area contributed by atoms with Crippen LogP contribution in [0.2, 0.25) is 0 Å². The monoisotopic (exact) mass is 524 g/mol. The Labute approximate surface area is 218 Å². The number of nitrogens with zero attached hydrogens (tertiary/aromatic N) is 5. The first-order valence-corrected chi connectivity index (χ1v) is 14.0. The molecule has 3 aromatic heterocycles. The number of alkyl halides is 1. The van der Waals surface area contributed by atoms with Crippen LogP contribution in [-0.4, -0.2) is 89.4 Å². The number of aromatic amines is 1. The maximum absolute atomic E-state index is 15.2. The summed E-state index contributed by atoms with van der Waals surface area (Å²) in [6.07, 6.45) is 3.05. The first-order valence-electron chi connectivity index (χ1n) is 13.1. The van der Waals surface area contributed by atoms with Crippen LogP contribution in [-0.2, 0) is 11.3 Å². The normalized spacial score (nSPS) is 23.7. The smallest absolute Gasteiger partial charge is 0.165 e. The van der Waals surface area contributed by atoms with Crippen molar-refractivity contribution in [3.8, 4) is 11.4 Å². The largest absolute Gasteiger partial charge is 0.378 e. The van der Waals surface area contributed by atoms with E-state index in [1.54, 1.807) is 23.6 Å². The molecular weight excluding hydrogens is 494 g/mol. The van der Waals surface area contributed by atoms with Crippen LogP contribution >= 0.6 is 11.3 Å². The molecule has 3 aliphatic rings. The average molecular weight is 525 g/mol. The molecule has 1 N–H and O–H groups in total. The number of rotatable bonds is 5. The molecule has 2 unspecified atom stereocenters. The summed E-state index contributed by atoms with van der Waals surface area (Å²) < 4.78 is 36.7. The number of ether oxygens (including phenoxy) is 1. The summed E-state index contributed by atoms with van der Waals surface area (Å²) in [7, 11) is 0. The van der Waals surface area contributed by atoms with Crippen LogP contribution in [0.3, 0.4) is 0 Å². The molecular formula is C27H30F2N6OS. The number of hydrogen-bond donors (Lipinski definition) is 1. The van der Waals surface area contributed by atoms with Gasteiger partial charge in [-0.2, -0.15) is 0 Å². The molecule has 6 heterocycles. The fraction of sp³-hybridized carbons (Fsp3) is 0.481. The molecule has 37 heavy (non-hydrogen) atoms. The number of aromatic nitrogens is 3. The maximum atomic E-state index is 15.2. The highest BCUT2D eigenvalue weighted by molar-refractivity contribution is 7.19. The van der Waals surface area contributed by atoms with Crippen LogP contribution in [0.4, 0.5) is 14.6 Å². The molecule has 0 aliphatic carbocycles. The Balaban J connectivity index is 1.24. The number of piperidine rings is 1. The first kappa shape index (κ1) is 23.5. The van der Waals surface area contributed by atoms with Gasteiger partial charge in [0.15, 0.2) is 11.6 Å². The van der Waals surface area contributed by atoms with Crippen molar-refractivity contribution in [1.82, 2.24) is 24.8 Å². The topological polar surface area (TPSA) is 60.5 Å². The van der Waals surface area contributed by atoms with Crippen LogP contribution in [0, 0.1) is 5.82 Å². The SMILES string of the molecule is Fc1ccc2[nH]ccc2c1-c1nc(N2CCOCC2)c2sc(CN3CCC(N4CCC4)C(F)C3)cc2n1. The van der Waals surface area contributed by atoms with Crippen molar-refractivity contribution in [2.45, 2.75) is 31.6 Å².